The molecule has 2 aliphatic rings. The van der Waals surface area contributed by atoms with Gasteiger partial charge in [-0.2, -0.15) is 11.8 Å². The van der Waals surface area contributed by atoms with E-state index in [1.54, 1.807) is 0 Å². The first-order valence-corrected chi connectivity index (χ1v) is 10.7. The molecule has 144 valence electrons. The molecule has 26 heavy (non-hydrogen) atoms. The molecule has 6 heteroatoms. The van der Waals surface area contributed by atoms with Gasteiger partial charge < -0.3 is 19.7 Å². The van der Waals surface area contributed by atoms with Crippen LogP contribution in [0.1, 0.15) is 30.1 Å². The van der Waals surface area contributed by atoms with Crippen molar-refractivity contribution in [3.05, 3.63) is 35.4 Å². The Hall–Kier alpha value is -1.24. The Morgan fingerprint density at radius 2 is 2.08 bits per heavy atom. The molecule has 2 heterocycles. The molecule has 1 unspecified atom stereocenters. The molecule has 3 rings (SSSR count). The fourth-order valence-electron chi connectivity index (χ4n) is 3.75. The van der Waals surface area contributed by atoms with Crippen LogP contribution in [0.2, 0.25) is 0 Å². The van der Waals surface area contributed by atoms with Gasteiger partial charge in [0.1, 0.15) is 6.10 Å². The normalized spacial score (nSPS) is 23.7. The zero-order valence-corrected chi connectivity index (χ0v) is 17.0. The first kappa shape index (κ1) is 19.5. The second-order valence-electron chi connectivity index (χ2n) is 7.06. The maximum Gasteiger partial charge on any atom is 0.193 e. The van der Waals surface area contributed by atoms with E-state index in [0.717, 1.165) is 58.3 Å². The fourth-order valence-corrected chi connectivity index (χ4v) is 4.54. The lowest BCUT2D eigenvalue weighted by atomic mass is 9.99. The Labute approximate surface area is 161 Å². The van der Waals surface area contributed by atoms with Crippen molar-refractivity contribution in [2.45, 2.75) is 30.6 Å². The number of guanidine groups is 1. The lowest BCUT2D eigenvalue weighted by Gasteiger charge is -2.39. The minimum atomic E-state index is 0.0982. The standard InChI is InChI=1S/C20H31N3O2S/c1-16-6-4-5-7-17(16)18-14-23(10-13-25-18)19(21-2)22-15-20(26-3)8-11-24-12-9-20/h4-7,18H,8-15H2,1-3H3,(H,21,22). The van der Waals surface area contributed by atoms with Crippen molar-refractivity contribution >= 4 is 17.7 Å². The monoisotopic (exact) mass is 377 g/mol. The van der Waals surface area contributed by atoms with Gasteiger partial charge in [0.25, 0.3) is 0 Å². The second-order valence-corrected chi connectivity index (χ2v) is 8.34. The quantitative estimate of drug-likeness (QED) is 0.646. The molecular weight excluding hydrogens is 346 g/mol. The van der Waals surface area contributed by atoms with Gasteiger partial charge in [-0.25, -0.2) is 0 Å². The van der Waals surface area contributed by atoms with Crippen LogP contribution in [0.5, 0.6) is 0 Å². The van der Waals surface area contributed by atoms with Crippen LogP contribution in [-0.2, 0) is 9.47 Å². The Kier molecular flexibility index (Phi) is 6.84. The van der Waals surface area contributed by atoms with E-state index in [0.29, 0.717) is 0 Å². The molecule has 1 aromatic carbocycles. The van der Waals surface area contributed by atoms with Crippen LogP contribution in [0.3, 0.4) is 0 Å². The first-order valence-electron chi connectivity index (χ1n) is 9.43. The van der Waals surface area contributed by atoms with Gasteiger partial charge in [0, 0.05) is 38.1 Å². The van der Waals surface area contributed by atoms with E-state index in [-0.39, 0.29) is 10.9 Å². The molecule has 5 nitrogen and oxygen atoms in total. The SMILES string of the molecule is CN=C(NCC1(SC)CCOCC1)N1CCOC(c2ccccc2C)C1. The summed E-state index contributed by atoms with van der Waals surface area (Å²) in [5.41, 5.74) is 2.56. The average molecular weight is 378 g/mol. The van der Waals surface area contributed by atoms with Gasteiger partial charge in [-0.1, -0.05) is 24.3 Å². The number of hydrogen-bond acceptors (Lipinski definition) is 4. The summed E-state index contributed by atoms with van der Waals surface area (Å²) in [6.45, 7) is 7.22. The zero-order chi connectivity index (χ0) is 18.4. The highest BCUT2D eigenvalue weighted by atomic mass is 32.2. The summed E-state index contributed by atoms with van der Waals surface area (Å²) in [6.07, 6.45) is 4.49. The number of thioether (sulfide) groups is 1. The summed E-state index contributed by atoms with van der Waals surface area (Å²) in [4.78, 5) is 6.87. The van der Waals surface area contributed by atoms with Crippen molar-refractivity contribution in [1.82, 2.24) is 10.2 Å². The lowest BCUT2D eigenvalue weighted by molar-refractivity contribution is -0.00843. The number of morpholine rings is 1. The molecule has 0 spiro atoms. The Morgan fingerprint density at radius 3 is 2.77 bits per heavy atom. The number of aryl methyl sites for hydroxylation is 1. The molecule has 1 N–H and O–H groups in total. The predicted molar refractivity (Wildman–Crippen MR) is 109 cm³/mol. The fraction of sp³-hybridized carbons (Fsp3) is 0.650. The van der Waals surface area contributed by atoms with Gasteiger partial charge in [0.05, 0.1) is 13.2 Å². The van der Waals surface area contributed by atoms with Gasteiger partial charge in [-0.3, -0.25) is 4.99 Å². The summed E-state index contributed by atoms with van der Waals surface area (Å²) in [5, 5.41) is 3.63. The lowest BCUT2D eigenvalue weighted by Crippen LogP contribution is -2.52. The van der Waals surface area contributed by atoms with Crippen molar-refractivity contribution in [2.24, 2.45) is 4.99 Å². The zero-order valence-electron chi connectivity index (χ0n) is 16.2. The maximum atomic E-state index is 6.06. The number of aliphatic imine (C=N–C) groups is 1. The van der Waals surface area contributed by atoms with Crippen molar-refractivity contribution in [3.8, 4) is 0 Å². The van der Waals surface area contributed by atoms with E-state index >= 15 is 0 Å². The van der Waals surface area contributed by atoms with Crippen LogP contribution in [0, 0.1) is 6.92 Å². The number of hydrogen-bond donors (Lipinski definition) is 1. The minimum Gasteiger partial charge on any atom is -0.381 e. The molecule has 0 saturated carbocycles. The first-order chi connectivity index (χ1) is 12.7. The highest BCUT2D eigenvalue weighted by molar-refractivity contribution is 8.00. The summed E-state index contributed by atoms with van der Waals surface area (Å²) in [6, 6.07) is 8.49. The highest BCUT2D eigenvalue weighted by Crippen LogP contribution is 2.33. The van der Waals surface area contributed by atoms with E-state index in [2.05, 4.69) is 52.7 Å². The maximum absolute atomic E-state index is 6.06. The van der Waals surface area contributed by atoms with Crippen molar-refractivity contribution in [1.29, 1.82) is 0 Å². The van der Waals surface area contributed by atoms with Gasteiger partial charge in [-0.15, -0.1) is 0 Å². The molecular formula is C20H31N3O2S. The van der Waals surface area contributed by atoms with Crippen LogP contribution >= 0.6 is 11.8 Å². The van der Waals surface area contributed by atoms with Crippen LogP contribution in [0.4, 0.5) is 0 Å². The smallest absolute Gasteiger partial charge is 0.193 e. The van der Waals surface area contributed by atoms with Gasteiger partial charge in [0.15, 0.2) is 5.96 Å². The predicted octanol–water partition coefficient (Wildman–Crippen LogP) is 2.86. The largest absolute Gasteiger partial charge is 0.381 e. The van der Waals surface area contributed by atoms with E-state index in [4.69, 9.17) is 9.47 Å². The van der Waals surface area contributed by atoms with Crippen LogP contribution in [0.15, 0.2) is 29.3 Å². The number of nitrogens with zero attached hydrogens (tertiary/aromatic N) is 2. The van der Waals surface area contributed by atoms with Crippen molar-refractivity contribution in [3.63, 3.8) is 0 Å². The van der Waals surface area contributed by atoms with Crippen molar-refractivity contribution < 1.29 is 9.47 Å². The van der Waals surface area contributed by atoms with Gasteiger partial charge >= 0.3 is 0 Å². The second kappa shape index (κ2) is 9.11. The van der Waals surface area contributed by atoms with Crippen molar-refractivity contribution in [2.75, 3.05) is 52.8 Å². The molecule has 1 aromatic rings. The van der Waals surface area contributed by atoms with E-state index in [1.807, 2.05) is 18.8 Å². The van der Waals surface area contributed by atoms with Gasteiger partial charge in [0.2, 0.25) is 0 Å². The molecule has 0 bridgehead atoms. The topological polar surface area (TPSA) is 46.1 Å². The Bertz CT molecular complexity index is 617. The summed E-state index contributed by atoms with van der Waals surface area (Å²) < 4.78 is 11.9. The Morgan fingerprint density at radius 1 is 1.31 bits per heavy atom. The number of benzene rings is 1. The molecule has 0 aromatic heterocycles. The molecule has 1 atom stereocenters. The molecule has 0 aliphatic carbocycles. The summed E-state index contributed by atoms with van der Waals surface area (Å²) >= 11 is 1.95. The molecule has 2 aliphatic heterocycles. The third-order valence-electron chi connectivity index (χ3n) is 5.52. The van der Waals surface area contributed by atoms with Gasteiger partial charge in [-0.05, 0) is 37.1 Å². The molecule has 0 radical (unpaired) electrons. The van der Waals surface area contributed by atoms with Crippen LogP contribution in [0.25, 0.3) is 0 Å². The summed E-state index contributed by atoms with van der Waals surface area (Å²) in [7, 11) is 1.87. The molecule has 2 saturated heterocycles. The number of nitrogens with one attached hydrogen (secondary N) is 1. The number of rotatable bonds is 4. The van der Waals surface area contributed by atoms with E-state index in [9.17, 15) is 0 Å². The minimum absolute atomic E-state index is 0.0982. The van der Waals surface area contributed by atoms with Crippen LogP contribution < -0.4 is 5.32 Å². The third kappa shape index (κ3) is 4.53. The van der Waals surface area contributed by atoms with E-state index < -0.39 is 0 Å². The Balaban J connectivity index is 1.63. The molecule has 2 fully saturated rings. The highest BCUT2D eigenvalue weighted by Gasteiger charge is 2.33. The number of ether oxygens (including phenoxy) is 2. The average Bonchev–Trinajstić information content (AvgIpc) is 2.70. The third-order valence-corrected chi connectivity index (χ3v) is 6.94. The van der Waals surface area contributed by atoms with Crippen LogP contribution in [-0.4, -0.2) is 68.4 Å². The van der Waals surface area contributed by atoms with E-state index in [1.165, 1.54) is 11.1 Å². The summed E-state index contributed by atoms with van der Waals surface area (Å²) in [5.74, 6) is 0.979. The molecule has 0 amide bonds.